The molecule has 2 aromatic rings. The minimum absolute atomic E-state index is 0.0326. The van der Waals surface area contributed by atoms with Crippen molar-refractivity contribution in [3.05, 3.63) is 22.7 Å². The first-order valence-corrected chi connectivity index (χ1v) is 5.86. The number of nitrogens with one attached hydrogen (secondary N) is 1. The minimum atomic E-state index is -0.182. The maximum absolute atomic E-state index is 11.1. The van der Waals surface area contributed by atoms with E-state index in [4.69, 9.17) is 4.74 Å². The number of ether oxygens (including phenoxy) is 1. The number of amides is 1. The van der Waals surface area contributed by atoms with Gasteiger partial charge in [0.15, 0.2) is 6.61 Å². The zero-order chi connectivity index (χ0) is 12.4. The van der Waals surface area contributed by atoms with E-state index < -0.39 is 0 Å². The third kappa shape index (κ3) is 2.41. The summed E-state index contributed by atoms with van der Waals surface area (Å²) in [5, 5.41) is 7.60. The molecule has 1 N–H and O–H groups in total. The Hall–Kier alpha value is -1.56. The van der Waals surface area contributed by atoms with Gasteiger partial charge >= 0.3 is 0 Å². The Balaban J connectivity index is 2.34. The number of fused-ring (bicyclic) bond motifs is 1. The van der Waals surface area contributed by atoms with Crippen molar-refractivity contribution in [3.63, 3.8) is 0 Å². The van der Waals surface area contributed by atoms with Crippen molar-refractivity contribution in [3.8, 4) is 5.88 Å². The van der Waals surface area contributed by atoms with Crippen LogP contribution in [-0.4, -0.2) is 29.3 Å². The molecular weight excluding hydrogens is 286 g/mol. The van der Waals surface area contributed by atoms with Crippen LogP contribution in [0.5, 0.6) is 5.88 Å². The van der Waals surface area contributed by atoms with E-state index in [1.54, 1.807) is 11.7 Å². The van der Waals surface area contributed by atoms with Gasteiger partial charge in [0, 0.05) is 18.6 Å². The van der Waals surface area contributed by atoms with E-state index in [-0.39, 0.29) is 12.5 Å². The first-order valence-electron chi connectivity index (χ1n) is 5.07. The molecule has 0 radical (unpaired) electrons. The second-order valence-electron chi connectivity index (χ2n) is 3.55. The molecule has 1 amide bonds. The summed E-state index contributed by atoms with van der Waals surface area (Å²) in [6.45, 7) is -0.0326. The number of benzene rings is 1. The monoisotopic (exact) mass is 297 g/mol. The van der Waals surface area contributed by atoms with E-state index >= 15 is 0 Å². The normalized spacial score (nSPS) is 10.5. The van der Waals surface area contributed by atoms with E-state index in [9.17, 15) is 4.79 Å². The van der Waals surface area contributed by atoms with Gasteiger partial charge in [-0.15, -0.1) is 5.10 Å². The molecule has 6 heteroatoms. The maximum Gasteiger partial charge on any atom is 0.257 e. The number of hydrogen-bond donors (Lipinski definition) is 1. The molecule has 0 aliphatic carbocycles. The molecule has 1 aromatic carbocycles. The number of carbonyl (C=O) groups excluding carboxylic acids is 1. The second-order valence-corrected chi connectivity index (χ2v) is 4.47. The molecule has 0 atom stereocenters. The Kier molecular flexibility index (Phi) is 3.33. The van der Waals surface area contributed by atoms with Crippen molar-refractivity contribution in [2.24, 2.45) is 7.05 Å². The van der Waals surface area contributed by atoms with Crippen LogP contribution in [0.2, 0.25) is 0 Å². The highest BCUT2D eigenvalue weighted by Crippen LogP contribution is 2.27. The Morgan fingerprint density at radius 2 is 2.35 bits per heavy atom. The zero-order valence-corrected chi connectivity index (χ0v) is 11.1. The van der Waals surface area contributed by atoms with Gasteiger partial charge in [-0.1, -0.05) is 15.9 Å². The summed E-state index contributed by atoms with van der Waals surface area (Å²) < 4.78 is 8.05. The lowest BCUT2D eigenvalue weighted by Gasteiger charge is -2.01. The van der Waals surface area contributed by atoms with E-state index in [1.165, 1.54) is 0 Å². The van der Waals surface area contributed by atoms with Crippen LogP contribution in [-0.2, 0) is 11.8 Å². The van der Waals surface area contributed by atoms with Gasteiger partial charge in [0.2, 0.25) is 5.88 Å². The zero-order valence-electron chi connectivity index (χ0n) is 9.53. The van der Waals surface area contributed by atoms with Crippen LogP contribution < -0.4 is 10.1 Å². The van der Waals surface area contributed by atoms with Crippen molar-refractivity contribution >= 4 is 32.7 Å². The fourth-order valence-corrected chi connectivity index (χ4v) is 1.88. The molecule has 0 spiro atoms. The van der Waals surface area contributed by atoms with E-state index in [2.05, 4.69) is 26.3 Å². The third-order valence-corrected chi connectivity index (χ3v) is 2.89. The summed E-state index contributed by atoms with van der Waals surface area (Å²) in [5.41, 5.74) is 0.958. The highest BCUT2D eigenvalue weighted by molar-refractivity contribution is 9.10. The second kappa shape index (κ2) is 4.75. The molecular formula is C11H12BrN3O2. The van der Waals surface area contributed by atoms with Crippen LogP contribution in [0.3, 0.4) is 0 Å². The summed E-state index contributed by atoms with van der Waals surface area (Å²) in [6, 6.07) is 5.80. The molecule has 0 aliphatic rings. The predicted octanol–water partition coefficient (Wildman–Crippen LogP) is 1.46. The molecule has 1 heterocycles. The highest BCUT2D eigenvalue weighted by atomic mass is 79.9. The van der Waals surface area contributed by atoms with Gasteiger partial charge in [-0.05, 0) is 18.2 Å². The summed E-state index contributed by atoms with van der Waals surface area (Å²) in [4.78, 5) is 11.1. The van der Waals surface area contributed by atoms with Crippen molar-refractivity contribution in [1.82, 2.24) is 15.1 Å². The number of aromatic nitrogens is 2. The molecule has 1 aromatic heterocycles. The summed E-state index contributed by atoms with van der Waals surface area (Å²) in [5.74, 6) is 0.284. The van der Waals surface area contributed by atoms with Gasteiger partial charge in [0.1, 0.15) is 0 Å². The van der Waals surface area contributed by atoms with Crippen LogP contribution in [0.4, 0.5) is 0 Å². The van der Waals surface area contributed by atoms with Crippen molar-refractivity contribution < 1.29 is 9.53 Å². The Labute approximate surface area is 107 Å². The van der Waals surface area contributed by atoms with Crippen LogP contribution in [0, 0.1) is 0 Å². The van der Waals surface area contributed by atoms with E-state index in [0.717, 1.165) is 15.4 Å². The van der Waals surface area contributed by atoms with Gasteiger partial charge in [-0.2, -0.15) is 0 Å². The van der Waals surface area contributed by atoms with Crippen LogP contribution in [0.15, 0.2) is 22.7 Å². The van der Waals surface area contributed by atoms with Crippen LogP contribution >= 0.6 is 15.9 Å². The van der Waals surface area contributed by atoms with Crippen LogP contribution in [0.25, 0.3) is 10.9 Å². The van der Waals surface area contributed by atoms with Gasteiger partial charge in [-0.25, -0.2) is 0 Å². The average molecular weight is 298 g/mol. The maximum atomic E-state index is 11.1. The third-order valence-electron chi connectivity index (χ3n) is 2.40. The average Bonchev–Trinajstić information content (AvgIpc) is 2.62. The number of likely N-dealkylation sites (N-methyl/N-ethyl adjacent to an activating group) is 1. The topological polar surface area (TPSA) is 56.1 Å². The summed E-state index contributed by atoms with van der Waals surface area (Å²) in [7, 11) is 3.40. The fraction of sp³-hybridized carbons (Fsp3) is 0.273. The lowest BCUT2D eigenvalue weighted by atomic mass is 10.2. The number of aryl methyl sites for hydroxylation is 1. The van der Waals surface area contributed by atoms with Gasteiger partial charge < -0.3 is 10.1 Å². The molecule has 0 saturated heterocycles. The highest BCUT2D eigenvalue weighted by Gasteiger charge is 2.11. The lowest BCUT2D eigenvalue weighted by molar-refractivity contribution is -0.122. The largest absolute Gasteiger partial charge is 0.466 e. The number of halogens is 1. The summed E-state index contributed by atoms with van der Waals surface area (Å²) >= 11 is 3.40. The first-order chi connectivity index (χ1) is 8.11. The number of nitrogens with zero attached hydrogens (tertiary/aromatic N) is 2. The van der Waals surface area contributed by atoms with Crippen LogP contribution in [0.1, 0.15) is 0 Å². The molecule has 0 bridgehead atoms. The first kappa shape index (κ1) is 11.9. The molecule has 17 heavy (non-hydrogen) atoms. The molecule has 0 unspecified atom stereocenters. The molecule has 2 rings (SSSR count). The molecule has 0 aliphatic heterocycles. The predicted molar refractivity (Wildman–Crippen MR) is 68.0 cm³/mol. The lowest BCUT2D eigenvalue weighted by Crippen LogP contribution is -2.25. The quantitative estimate of drug-likeness (QED) is 0.933. The molecule has 90 valence electrons. The Morgan fingerprint density at radius 1 is 1.59 bits per heavy atom. The Morgan fingerprint density at radius 3 is 3.06 bits per heavy atom. The molecule has 0 saturated carbocycles. The van der Waals surface area contributed by atoms with Gasteiger partial charge in [-0.3, -0.25) is 9.48 Å². The minimum Gasteiger partial charge on any atom is -0.466 e. The molecule has 5 nitrogen and oxygen atoms in total. The van der Waals surface area contributed by atoms with Gasteiger partial charge in [0.25, 0.3) is 5.91 Å². The number of hydrogen-bond acceptors (Lipinski definition) is 3. The van der Waals surface area contributed by atoms with E-state index in [0.29, 0.717) is 5.88 Å². The van der Waals surface area contributed by atoms with Gasteiger partial charge in [0.05, 0.1) is 10.9 Å². The van der Waals surface area contributed by atoms with Crippen molar-refractivity contribution in [2.75, 3.05) is 13.7 Å². The molecule has 0 fully saturated rings. The number of carbonyl (C=O) groups is 1. The Bertz CT molecular complexity index is 565. The fourth-order valence-electron chi connectivity index (χ4n) is 1.52. The smallest absolute Gasteiger partial charge is 0.257 e. The summed E-state index contributed by atoms with van der Waals surface area (Å²) in [6.07, 6.45) is 0. The SMILES string of the molecule is CNC(=O)COc1nn(C)c2ccc(Br)cc12. The van der Waals surface area contributed by atoms with Crippen molar-refractivity contribution in [2.45, 2.75) is 0 Å². The number of rotatable bonds is 3. The standard InChI is InChI=1S/C11H12BrN3O2/c1-13-10(16)6-17-11-8-5-7(12)3-4-9(8)15(2)14-11/h3-5H,6H2,1-2H3,(H,13,16). The van der Waals surface area contributed by atoms with Crippen molar-refractivity contribution in [1.29, 1.82) is 0 Å². The van der Waals surface area contributed by atoms with E-state index in [1.807, 2.05) is 25.2 Å².